The summed E-state index contributed by atoms with van der Waals surface area (Å²) in [4.78, 5) is 29.1. The van der Waals surface area contributed by atoms with E-state index >= 15 is 0 Å². The summed E-state index contributed by atoms with van der Waals surface area (Å²) in [6.45, 7) is 10.0. The summed E-state index contributed by atoms with van der Waals surface area (Å²) in [6, 6.07) is 21.9. The average molecular weight is 584 g/mol. The first kappa shape index (κ1) is 29.6. The van der Waals surface area contributed by atoms with Crippen LogP contribution in [0.15, 0.2) is 72.1 Å². The summed E-state index contributed by atoms with van der Waals surface area (Å²) in [5.74, 6) is 1.40. The molecule has 7 nitrogen and oxygen atoms in total. The highest BCUT2D eigenvalue weighted by molar-refractivity contribution is 7.09. The number of hydrogen-bond acceptors (Lipinski definition) is 4. The van der Waals surface area contributed by atoms with Crippen molar-refractivity contribution in [1.29, 1.82) is 0 Å². The number of amides is 3. The van der Waals surface area contributed by atoms with Crippen molar-refractivity contribution in [2.75, 3.05) is 23.7 Å². The second-order valence-corrected chi connectivity index (χ2v) is 13.3. The smallest absolute Gasteiger partial charge is 0.324 e. The highest BCUT2D eigenvalue weighted by Crippen LogP contribution is 2.27. The Morgan fingerprint density at radius 1 is 0.976 bits per heavy atom. The lowest BCUT2D eigenvalue weighted by Crippen LogP contribution is -2.39. The number of benzene rings is 2. The molecule has 42 heavy (non-hydrogen) atoms. The summed E-state index contributed by atoms with van der Waals surface area (Å²) >= 11 is 1.71. The number of aromatic nitrogens is 2. The quantitative estimate of drug-likeness (QED) is 0.224. The second-order valence-electron chi connectivity index (χ2n) is 12.3. The van der Waals surface area contributed by atoms with Gasteiger partial charge in [0.1, 0.15) is 5.82 Å². The molecule has 4 aromatic rings. The minimum atomic E-state index is -0.310. The van der Waals surface area contributed by atoms with E-state index < -0.39 is 0 Å². The third-order valence-electron chi connectivity index (χ3n) is 7.84. The Kier molecular flexibility index (Phi) is 9.12. The van der Waals surface area contributed by atoms with Crippen LogP contribution in [0.3, 0.4) is 0 Å². The third kappa shape index (κ3) is 7.68. The van der Waals surface area contributed by atoms with E-state index in [0.29, 0.717) is 18.2 Å². The maximum absolute atomic E-state index is 13.1. The minimum Gasteiger partial charge on any atom is -0.343 e. The summed E-state index contributed by atoms with van der Waals surface area (Å²) in [6.07, 6.45) is 4.35. The van der Waals surface area contributed by atoms with Crippen molar-refractivity contribution >= 4 is 34.8 Å². The lowest BCUT2D eigenvalue weighted by molar-refractivity contribution is -0.132. The van der Waals surface area contributed by atoms with Crippen LogP contribution in [0.25, 0.3) is 5.69 Å². The Balaban J connectivity index is 1.16. The van der Waals surface area contributed by atoms with Crippen LogP contribution in [0.2, 0.25) is 0 Å². The molecule has 0 radical (unpaired) electrons. The highest BCUT2D eigenvalue weighted by Gasteiger charge is 2.24. The molecule has 1 aliphatic rings. The number of nitrogens with zero attached hydrogens (tertiary/aromatic N) is 3. The maximum Gasteiger partial charge on any atom is 0.324 e. The van der Waals surface area contributed by atoms with E-state index in [1.54, 1.807) is 16.0 Å². The number of piperidine rings is 1. The first-order valence-corrected chi connectivity index (χ1v) is 15.7. The van der Waals surface area contributed by atoms with Gasteiger partial charge >= 0.3 is 6.03 Å². The van der Waals surface area contributed by atoms with Gasteiger partial charge in [-0.3, -0.25) is 10.1 Å². The Hall–Kier alpha value is -3.91. The Morgan fingerprint density at radius 2 is 1.74 bits per heavy atom. The first-order chi connectivity index (χ1) is 20.1. The summed E-state index contributed by atoms with van der Waals surface area (Å²) in [7, 11) is 0. The molecule has 0 spiro atoms. The number of anilines is 2. The fraction of sp³-hybridized carbons (Fsp3) is 0.382. The third-order valence-corrected chi connectivity index (χ3v) is 8.78. The van der Waals surface area contributed by atoms with Crippen LogP contribution in [0.4, 0.5) is 16.3 Å². The zero-order chi connectivity index (χ0) is 29.7. The van der Waals surface area contributed by atoms with E-state index in [2.05, 4.69) is 55.0 Å². The van der Waals surface area contributed by atoms with E-state index in [1.807, 2.05) is 60.4 Å². The second kappa shape index (κ2) is 12.9. The number of thiophene rings is 1. The molecule has 0 saturated carbocycles. The number of urea groups is 1. The number of rotatable bonds is 8. The van der Waals surface area contributed by atoms with E-state index in [1.165, 1.54) is 10.4 Å². The van der Waals surface area contributed by atoms with Crippen LogP contribution in [0.1, 0.15) is 61.7 Å². The Morgan fingerprint density at radius 3 is 2.43 bits per heavy atom. The molecule has 1 saturated heterocycles. The predicted octanol–water partition coefficient (Wildman–Crippen LogP) is 7.60. The van der Waals surface area contributed by atoms with Crippen molar-refractivity contribution in [2.24, 2.45) is 5.92 Å². The van der Waals surface area contributed by atoms with E-state index in [4.69, 9.17) is 5.10 Å². The molecule has 0 bridgehead atoms. The van der Waals surface area contributed by atoms with Gasteiger partial charge in [-0.15, -0.1) is 11.3 Å². The van der Waals surface area contributed by atoms with Crippen LogP contribution < -0.4 is 10.6 Å². The molecular weight excluding hydrogens is 542 g/mol. The fourth-order valence-corrected chi connectivity index (χ4v) is 6.05. The van der Waals surface area contributed by atoms with Gasteiger partial charge in [-0.25, -0.2) is 9.48 Å². The molecule has 220 valence electrons. The molecule has 2 aromatic carbocycles. The van der Waals surface area contributed by atoms with Gasteiger partial charge in [-0.1, -0.05) is 56.7 Å². The normalized spacial score (nSPS) is 14.1. The van der Waals surface area contributed by atoms with Gasteiger partial charge in [0, 0.05) is 41.6 Å². The SMILES string of the molecule is Cc1ccc(-n2nc(C(C)(C)C)cc2NC(=O)Nc2cccc(CC3CCN(C(=O)CCc4cccs4)CC3)c2)cc1. The Bertz CT molecular complexity index is 1490. The van der Waals surface area contributed by atoms with Gasteiger partial charge in [-0.2, -0.15) is 5.10 Å². The average Bonchev–Trinajstić information content (AvgIpc) is 3.63. The van der Waals surface area contributed by atoms with Crippen LogP contribution in [0.5, 0.6) is 0 Å². The van der Waals surface area contributed by atoms with Gasteiger partial charge < -0.3 is 10.2 Å². The molecule has 0 atom stereocenters. The number of carbonyl (C=O) groups is 2. The van der Waals surface area contributed by atoms with Crippen LogP contribution in [-0.2, 0) is 23.1 Å². The predicted molar refractivity (Wildman–Crippen MR) is 172 cm³/mol. The number of aryl methyl sites for hydroxylation is 2. The van der Waals surface area contributed by atoms with Crippen LogP contribution in [-0.4, -0.2) is 39.7 Å². The topological polar surface area (TPSA) is 79.3 Å². The number of hydrogen-bond donors (Lipinski definition) is 2. The van der Waals surface area contributed by atoms with E-state index in [-0.39, 0.29) is 17.4 Å². The van der Waals surface area contributed by atoms with Crippen LogP contribution in [0, 0.1) is 12.8 Å². The van der Waals surface area contributed by atoms with Crippen molar-refractivity contribution in [3.63, 3.8) is 0 Å². The molecule has 2 aromatic heterocycles. The largest absolute Gasteiger partial charge is 0.343 e. The molecule has 8 heteroatoms. The monoisotopic (exact) mass is 583 g/mol. The molecule has 5 rings (SSSR count). The summed E-state index contributed by atoms with van der Waals surface area (Å²) in [5.41, 5.74) is 4.74. The zero-order valence-corrected chi connectivity index (χ0v) is 25.8. The molecule has 3 amide bonds. The first-order valence-electron chi connectivity index (χ1n) is 14.8. The number of likely N-dealkylation sites (tertiary alicyclic amines) is 1. The van der Waals surface area contributed by atoms with Crippen molar-refractivity contribution in [1.82, 2.24) is 14.7 Å². The van der Waals surface area contributed by atoms with Gasteiger partial charge in [-0.05, 0) is 79.8 Å². The molecule has 0 unspecified atom stereocenters. The van der Waals surface area contributed by atoms with Gasteiger partial charge in [0.25, 0.3) is 0 Å². The molecule has 1 aliphatic heterocycles. The van der Waals surface area contributed by atoms with Crippen molar-refractivity contribution in [3.05, 3.63) is 93.8 Å². The molecule has 1 fully saturated rings. The Labute approximate surface area is 253 Å². The summed E-state index contributed by atoms with van der Waals surface area (Å²) < 4.78 is 1.79. The van der Waals surface area contributed by atoms with Crippen molar-refractivity contribution in [2.45, 2.75) is 65.2 Å². The van der Waals surface area contributed by atoms with Crippen LogP contribution >= 0.6 is 11.3 Å². The molecular formula is C34H41N5O2S. The summed E-state index contributed by atoms with van der Waals surface area (Å²) in [5, 5.41) is 12.9. The maximum atomic E-state index is 13.1. The molecule has 0 aliphatic carbocycles. The lowest BCUT2D eigenvalue weighted by atomic mass is 9.90. The zero-order valence-electron chi connectivity index (χ0n) is 25.0. The number of carbonyl (C=O) groups excluding carboxylic acids is 2. The minimum absolute atomic E-state index is 0.162. The highest BCUT2D eigenvalue weighted by atomic mass is 32.1. The van der Waals surface area contributed by atoms with Crippen molar-refractivity contribution < 1.29 is 9.59 Å². The molecule has 2 N–H and O–H groups in total. The van der Waals surface area contributed by atoms with Crippen molar-refractivity contribution in [3.8, 4) is 5.69 Å². The molecule has 3 heterocycles. The fourth-order valence-electron chi connectivity index (χ4n) is 5.34. The van der Waals surface area contributed by atoms with Gasteiger partial charge in [0.2, 0.25) is 5.91 Å². The van der Waals surface area contributed by atoms with E-state index in [9.17, 15) is 9.59 Å². The standard InChI is InChI=1S/C34H41N5O2S/c1-24-10-12-28(13-11-24)39-31(23-30(37-39)34(2,3)4)36-33(41)35-27-8-5-7-26(22-27)21-25-16-18-38(19-17-25)32(40)15-14-29-9-6-20-42-29/h5-13,20,22-23,25H,14-19,21H2,1-4H3,(H2,35,36,41). The number of nitrogens with one attached hydrogen (secondary N) is 2. The van der Waals surface area contributed by atoms with E-state index in [0.717, 1.165) is 61.4 Å². The lowest BCUT2D eigenvalue weighted by Gasteiger charge is -2.32. The van der Waals surface area contributed by atoms with Gasteiger partial charge in [0.05, 0.1) is 11.4 Å². The van der Waals surface area contributed by atoms with Gasteiger partial charge in [0.15, 0.2) is 0 Å².